The Morgan fingerprint density at radius 2 is 1.82 bits per heavy atom. The average Bonchev–Trinajstić information content (AvgIpc) is 3.23. The van der Waals surface area contributed by atoms with Crippen molar-refractivity contribution in [2.75, 3.05) is 20.2 Å². The summed E-state index contributed by atoms with van der Waals surface area (Å²) >= 11 is 3.10. The molecule has 0 unspecified atom stereocenters. The van der Waals surface area contributed by atoms with Crippen molar-refractivity contribution in [1.29, 1.82) is 0 Å². The van der Waals surface area contributed by atoms with Gasteiger partial charge in [0.2, 0.25) is 0 Å². The molecular weight excluding hydrogens is 501 g/mol. The van der Waals surface area contributed by atoms with Gasteiger partial charge in [-0.1, -0.05) is 24.3 Å². The third-order valence-electron chi connectivity index (χ3n) is 6.35. The van der Waals surface area contributed by atoms with Gasteiger partial charge in [-0.3, -0.25) is 4.79 Å². The number of carbonyl (C=O) groups is 1. The lowest BCUT2D eigenvalue weighted by atomic mass is 9.78. The van der Waals surface area contributed by atoms with E-state index in [2.05, 4.69) is 38.4 Å². The Kier molecular flexibility index (Phi) is 6.52. The molecule has 0 atom stereocenters. The molecule has 1 aromatic carbocycles. The molecule has 0 radical (unpaired) electrons. The van der Waals surface area contributed by atoms with E-state index >= 15 is 0 Å². The van der Waals surface area contributed by atoms with Crippen LogP contribution in [0, 0.1) is 0 Å². The Morgan fingerprint density at radius 3 is 2.48 bits per heavy atom. The van der Waals surface area contributed by atoms with E-state index in [9.17, 15) is 18.0 Å². The molecule has 2 aliphatic heterocycles. The van der Waals surface area contributed by atoms with Crippen LogP contribution >= 0.6 is 15.9 Å². The van der Waals surface area contributed by atoms with E-state index in [0.717, 1.165) is 39.0 Å². The molecule has 1 saturated heterocycles. The van der Waals surface area contributed by atoms with Gasteiger partial charge in [0.25, 0.3) is 5.91 Å². The molecule has 2 aromatic heterocycles. The smallest absolute Gasteiger partial charge is 0.400 e. The van der Waals surface area contributed by atoms with Crippen molar-refractivity contribution in [1.82, 2.24) is 19.6 Å². The molecule has 6 nitrogen and oxygen atoms in total. The fourth-order valence-corrected chi connectivity index (χ4v) is 5.09. The summed E-state index contributed by atoms with van der Waals surface area (Å²) < 4.78 is 41.7. The van der Waals surface area contributed by atoms with Gasteiger partial charge in [-0.25, -0.2) is 4.98 Å². The van der Waals surface area contributed by atoms with Crippen LogP contribution in [0.3, 0.4) is 0 Å². The number of piperidine rings is 1. The van der Waals surface area contributed by atoms with E-state index in [1.807, 2.05) is 12.1 Å². The molecule has 1 spiro atoms. The number of aliphatic hydroxyl groups is 1. The van der Waals surface area contributed by atoms with E-state index < -0.39 is 11.7 Å². The molecule has 1 amide bonds. The van der Waals surface area contributed by atoms with Crippen LogP contribution in [0.15, 0.2) is 47.2 Å². The number of alkyl halides is 3. The molecule has 2 N–H and O–H groups in total. The highest BCUT2D eigenvalue weighted by molar-refractivity contribution is 9.10. The predicted molar refractivity (Wildman–Crippen MR) is 121 cm³/mol. The fourth-order valence-electron chi connectivity index (χ4n) is 4.64. The topological polar surface area (TPSA) is 69.9 Å². The number of halogens is 4. The van der Waals surface area contributed by atoms with Crippen LogP contribution in [0.1, 0.15) is 40.0 Å². The SMILES string of the molecule is CO.O=C(c1cn2cc(Br)cc(C(F)(F)F)c2n1)N1CCC2(CC1)Cc1ccccc1CN2. The average molecular weight is 525 g/mol. The van der Waals surface area contributed by atoms with Crippen LogP contribution in [-0.2, 0) is 19.1 Å². The first kappa shape index (κ1) is 23.7. The number of carbonyl (C=O) groups excluding carboxylic acids is 1. The van der Waals surface area contributed by atoms with Gasteiger partial charge in [0, 0.05) is 49.1 Å². The second-order valence-electron chi connectivity index (χ2n) is 8.30. The summed E-state index contributed by atoms with van der Waals surface area (Å²) in [5, 5.41) is 10.7. The minimum atomic E-state index is -4.56. The van der Waals surface area contributed by atoms with Gasteiger partial charge in [0.15, 0.2) is 0 Å². The predicted octanol–water partition coefficient (Wildman–Crippen LogP) is 4.04. The van der Waals surface area contributed by atoms with E-state index in [-0.39, 0.29) is 27.3 Å². The monoisotopic (exact) mass is 524 g/mol. The Morgan fingerprint density at radius 1 is 1.15 bits per heavy atom. The summed E-state index contributed by atoms with van der Waals surface area (Å²) in [6.07, 6.45) is 0.791. The maximum atomic E-state index is 13.4. The lowest BCUT2D eigenvalue weighted by Gasteiger charge is -2.45. The highest BCUT2D eigenvalue weighted by Crippen LogP contribution is 2.35. The molecule has 0 aliphatic carbocycles. The molecule has 5 rings (SSSR count). The maximum absolute atomic E-state index is 13.4. The molecule has 33 heavy (non-hydrogen) atoms. The third-order valence-corrected chi connectivity index (χ3v) is 6.78. The van der Waals surface area contributed by atoms with Gasteiger partial charge in [-0.15, -0.1) is 0 Å². The summed E-state index contributed by atoms with van der Waals surface area (Å²) in [6.45, 7) is 1.89. The number of nitrogens with one attached hydrogen (secondary N) is 1. The fraction of sp³-hybridized carbons (Fsp3) is 0.391. The number of aromatic nitrogens is 2. The highest BCUT2D eigenvalue weighted by atomic mass is 79.9. The van der Waals surface area contributed by atoms with Crippen molar-refractivity contribution in [2.24, 2.45) is 0 Å². The molecule has 0 saturated carbocycles. The second-order valence-corrected chi connectivity index (χ2v) is 9.21. The van der Waals surface area contributed by atoms with Crippen LogP contribution in [0.4, 0.5) is 13.2 Å². The minimum absolute atomic E-state index is 0.0292. The number of rotatable bonds is 1. The number of hydrogen-bond donors (Lipinski definition) is 2. The molecule has 10 heteroatoms. The first-order valence-corrected chi connectivity index (χ1v) is 11.3. The Hall–Kier alpha value is -2.43. The largest absolute Gasteiger partial charge is 0.420 e. The van der Waals surface area contributed by atoms with E-state index in [1.54, 1.807) is 4.90 Å². The summed E-state index contributed by atoms with van der Waals surface area (Å²) in [5.74, 6) is -0.334. The quantitative estimate of drug-likeness (QED) is 0.504. The molecule has 4 heterocycles. The van der Waals surface area contributed by atoms with E-state index in [4.69, 9.17) is 5.11 Å². The second kappa shape index (κ2) is 9.08. The zero-order chi connectivity index (χ0) is 23.8. The highest BCUT2D eigenvalue weighted by Gasteiger charge is 2.39. The number of nitrogens with zero attached hydrogens (tertiary/aromatic N) is 3. The minimum Gasteiger partial charge on any atom is -0.400 e. The van der Waals surface area contributed by atoms with Crippen molar-refractivity contribution >= 4 is 27.5 Å². The number of hydrogen-bond acceptors (Lipinski definition) is 4. The lowest BCUT2D eigenvalue weighted by Crippen LogP contribution is -2.57. The number of likely N-dealkylation sites (tertiary alicyclic amines) is 1. The number of amides is 1. The van der Waals surface area contributed by atoms with Crippen molar-refractivity contribution in [3.63, 3.8) is 0 Å². The van der Waals surface area contributed by atoms with Crippen molar-refractivity contribution in [3.8, 4) is 0 Å². The van der Waals surface area contributed by atoms with Crippen molar-refractivity contribution in [3.05, 3.63) is 69.6 Å². The first-order chi connectivity index (χ1) is 15.7. The molecule has 2 aliphatic rings. The van der Waals surface area contributed by atoms with Crippen LogP contribution in [-0.4, -0.2) is 51.0 Å². The third kappa shape index (κ3) is 4.64. The first-order valence-electron chi connectivity index (χ1n) is 10.6. The zero-order valence-electron chi connectivity index (χ0n) is 18.0. The van der Waals surface area contributed by atoms with Crippen LogP contribution in [0.5, 0.6) is 0 Å². The zero-order valence-corrected chi connectivity index (χ0v) is 19.6. The number of aliphatic hydroxyl groups excluding tert-OH is 1. The lowest BCUT2D eigenvalue weighted by molar-refractivity contribution is -0.136. The summed E-state index contributed by atoms with van der Waals surface area (Å²) in [7, 11) is 1.00. The number of pyridine rings is 1. The van der Waals surface area contributed by atoms with Crippen LogP contribution in [0.25, 0.3) is 5.65 Å². The van der Waals surface area contributed by atoms with Gasteiger partial charge >= 0.3 is 6.18 Å². The normalized spacial score (nSPS) is 17.5. The van der Waals surface area contributed by atoms with Gasteiger partial charge in [0.1, 0.15) is 11.3 Å². The maximum Gasteiger partial charge on any atom is 0.420 e. The van der Waals surface area contributed by atoms with Crippen molar-refractivity contribution < 1.29 is 23.1 Å². The van der Waals surface area contributed by atoms with Gasteiger partial charge in [-0.05, 0) is 52.4 Å². The molecular formula is C23H24BrF3N4O2. The summed E-state index contributed by atoms with van der Waals surface area (Å²) in [6, 6.07) is 9.35. The van der Waals surface area contributed by atoms with E-state index in [1.165, 1.54) is 27.9 Å². The van der Waals surface area contributed by atoms with Gasteiger partial charge in [-0.2, -0.15) is 13.2 Å². The van der Waals surface area contributed by atoms with Crippen LogP contribution < -0.4 is 5.32 Å². The Labute approximate surface area is 197 Å². The van der Waals surface area contributed by atoms with E-state index in [0.29, 0.717) is 13.1 Å². The Bertz CT molecular complexity index is 1170. The standard InChI is InChI=1S/C22H20BrF3N4O.CH4O/c23-16-9-17(22(24,25)26)19-28-18(13-30(19)12-16)20(31)29-7-5-21(6-8-29)10-14-3-1-2-4-15(14)11-27-21;1-2/h1-4,9,12-13,27H,5-8,10-11H2;2H,1H3. The molecule has 176 valence electrons. The Balaban J connectivity index is 0.00000126. The van der Waals surface area contributed by atoms with Gasteiger partial charge < -0.3 is 19.7 Å². The number of benzene rings is 1. The molecule has 3 aromatic rings. The summed E-state index contributed by atoms with van der Waals surface area (Å²) in [4.78, 5) is 18.8. The molecule has 0 bridgehead atoms. The number of fused-ring (bicyclic) bond motifs is 2. The number of imidazole rings is 1. The van der Waals surface area contributed by atoms with Gasteiger partial charge in [0.05, 0.1) is 5.56 Å². The summed E-state index contributed by atoms with van der Waals surface area (Å²) in [5.41, 5.74) is 1.50. The molecule has 1 fully saturated rings. The van der Waals surface area contributed by atoms with Crippen molar-refractivity contribution in [2.45, 2.75) is 37.5 Å². The van der Waals surface area contributed by atoms with Crippen LogP contribution in [0.2, 0.25) is 0 Å².